The molecule has 0 saturated heterocycles. The van der Waals surface area contributed by atoms with Crippen LogP contribution in [0, 0.1) is 6.92 Å². The number of nitrogens with one attached hydrogen (secondary N) is 1. The van der Waals surface area contributed by atoms with E-state index in [4.69, 9.17) is 0 Å². The van der Waals surface area contributed by atoms with Crippen molar-refractivity contribution in [1.82, 2.24) is 4.98 Å². The van der Waals surface area contributed by atoms with Gasteiger partial charge in [0.15, 0.2) is 0 Å². The van der Waals surface area contributed by atoms with Crippen LogP contribution in [0.4, 0.5) is 5.69 Å². The van der Waals surface area contributed by atoms with Gasteiger partial charge in [-0.25, -0.2) is 0 Å². The molecule has 1 amide bonds. The van der Waals surface area contributed by atoms with Crippen LogP contribution >= 0.6 is 0 Å². The van der Waals surface area contributed by atoms with Gasteiger partial charge in [0, 0.05) is 29.8 Å². The average molecular weight is 278 g/mol. The number of carbonyl (C=O) groups excluding carboxylic acids is 1. The minimum Gasteiger partial charge on any atom is -0.361 e. The second kappa shape index (κ2) is 5.44. The summed E-state index contributed by atoms with van der Waals surface area (Å²) in [6, 6.07) is 16.0. The maximum Gasteiger partial charge on any atom is 0.231 e. The Morgan fingerprint density at radius 1 is 1.10 bits per heavy atom. The second-order valence-corrected chi connectivity index (χ2v) is 5.28. The number of carbonyl (C=O) groups is 1. The largest absolute Gasteiger partial charge is 0.361 e. The molecule has 3 nitrogen and oxygen atoms in total. The van der Waals surface area contributed by atoms with Crippen LogP contribution in [0.15, 0.2) is 54.7 Å². The number of para-hydroxylation sites is 2. The van der Waals surface area contributed by atoms with Crippen molar-refractivity contribution in [2.24, 2.45) is 0 Å². The number of hydrogen-bond donors (Lipinski definition) is 1. The molecule has 0 unspecified atom stereocenters. The molecule has 3 aromatic rings. The molecule has 2 aromatic carbocycles. The number of anilines is 1. The van der Waals surface area contributed by atoms with Crippen molar-refractivity contribution in [3.8, 4) is 0 Å². The number of H-pyrrole nitrogens is 1. The van der Waals surface area contributed by atoms with Gasteiger partial charge >= 0.3 is 0 Å². The Bertz CT molecular complexity index is 789. The summed E-state index contributed by atoms with van der Waals surface area (Å²) in [7, 11) is 1.83. The molecule has 1 heterocycles. The molecular weight excluding hydrogens is 260 g/mol. The number of amides is 1. The van der Waals surface area contributed by atoms with E-state index >= 15 is 0 Å². The zero-order valence-corrected chi connectivity index (χ0v) is 12.3. The van der Waals surface area contributed by atoms with E-state index in [1.54, 1.807) is 4.90 Å². The first-order chi connectivity index (χ1) is 10.2. The van der Waals surface area contributed by atoms with Gasteiger partial charge in [-0.05, 0) is 30.2 Å². The number of fused-ring (bicyclic) bond motifs is 1. The van der Waals surface area contributed by atoms with Crippen molar-refractivity contribution in [2.75, 3.05) is 11.9 Å². The Labute approximate surface area is 124 Å². The highest BCUT2D eigenvalue weighted by Crippen LogP contribution is 2.22. The molecule has 3 heteroatoms. The summed E-state index contributed by atoms with van der Waals surface area (Å²) in [5.74, 6) is 0.0917. The van der Waals surface area contributed by atoms with Crippen LogP contribution in [0.1, 0.15) is 11.1 Å². The van der Waals surface area contributed by atoms with Crippen LogP contribution in [0.25, 0.3) is 10.9 Å². The topological polar surface area (TPSA) is 36.1 Å². The summed E-state index contributed by atoms with van der Waals surface area (Å²) in [5.41, 5.74) is 4.17. The fourth-order valence-electron chi connectivity index (χ4n) is 2.63. The number of hydrogen-bond acceptors (Lipinski definition) is 1. The summed E-state index contributed by atoms with van der Waals surface area (Å²) in [6.07, 6.45) is 2.32. The molecule has 0 atom stereocenters. The number of rotatable bonds is 3. The van der Waals surface area contributed by atoms with Gasteiger partial charge in [0.05, 0.1) is 6.42 Å². The Hall–Kier alpha value is -2.55. The third-order valence-electron chi connectivity index (χ3n) is 3.87. The summed E-state index contributed by atoms with van der Waals surface area (Å²) in [5, 5.41) is 1.11. The molecule has 0 aliphatic rings. The Morgan fingerprint density at radius 2 is 1.81 bits per heavy atom. The summed E-state index contributed by atoms with van der Waals surface area (Å²) < 4.78 is 0. The molecule has 0 aliphatic heterocycles. The molecule has 0 spiro atoms. The van der Waals surface area contributed by atoms with E-state index in [-0.39, 0.29) is 5.91 Å². The standard InChI is InChI=1S/C18H18N2O/c1-13-7-3-6-10-17(13)20(2)18(21)11-14-12-19-16-9-5-4-8-15(14)16/h3-10,12,19H,11H2,1-2H3. The van der Waals surface area contributed by atoms with Gasteiger partial charge in [-0.1, -0.05) is 36.4 Å². The lowest BCUT2D eigenvalue weighted by Crippen LogP contribution is -2.28. The van der Waals surface area contributed by atoms with E-state index < -0.39 is 0 Å². The number of aryl methyl sites for hydroxylation is 1. The smallest absolute Gasteiger partial charge is 0.231 e. The maximum atomic E-state index is 12.5. The van der Waals surface area contributed by atoms with Gasteiger partial charge in [0.2, 0.25) is 5.91 Å². The van der Waals surface area contributed by atoms with Crippen molar-refractivity contribution < 1.29 is 4.79 Å². The normalized spacial score (nSPS) is 10.8. The number of nitrogens with zero attached hydrogens (tertiary/aromatic N) is 1. The Kier molecular flexibility index (Phi) is 3.48. The second-order valence-electron chi connectivity index (χ2n) is 5.28. The monoisotopic (exact) mass is 278 g/mol. The van der Waals surface area contributed by atoms with E-state index in [2.05, 4.69) is 4.98 Å². The van der Waals surface area contributed by atoms with Crippen molar-refractivity contribution in [1.29, 1.82) is 0 Å². The number of benzene rings is 2. The third-order valence-corrected chi connectivity index (χ3v) is 3.87. The predicted molar refractivity (Wildman–Crippen MR) is 86.6 cm³/mol. The molecule has 1 N–H and O–H groups in total. The van der Waals surface area contributed by atoms with Gasteiger partial charge in [-0.15, -0.1) is 0 Å². The maximum absolute atomic E-state index is 12.5. The van der Waals surface area contributed by atoms with Crippen LogP contribution in [0.3, 0.4) is 0 Å². The van der Waals surface area contributed by atoms with Gasteiger partial charge in [-0.2, -0.15) is 0 Å². The van der Waals surface area contributed by atoms with Crippen molar-refractivity contribution in [2.45, 2.75) is 13.3 Å². The molecule has 0 aliphatic carbocycles. The minimum atomic E-state index is 0.0917. The molecule has 106 valence electrons. The first kappa shape index (κ1) is 13.4. The van der Waals surface area contributed by atoms with Crippen molar-refractivity contribution in [3.05, 3.63) is 65.9 Å². The third kappa shape index (κ3) is 2.55. The SMILES string of the molecule is Cc1ccccc1N(C)C(=O)Cc1c[nH]c2ccccc12. The van der Waals surface area contributed by atoms with Gasteiger partial charge in [-0.3, -0.25) is 4.79 Å². The first-order valence-corrected chi connectivity index (χ1v) is 7.04. The van der Waals surface area contributed by atoms with Gasteiger partial charge < -0.3 is 9.88 Å². The number of aromatic amines is 1. The van der Waals surface area contributed by atoms with Crippen LogP contribution in [0.5, 0.6) is 0 Å². The van der Waals surface area contributed by atoms with Gasteiger partial charge in [0.1, 0.15) is 0 Å². The van der Waals surface area contributed by atoms with Crippen molar-refractivity contribution in [3.63, 3.8) is 0 Å². The summed E-state index contributed by atoms with van der Waals surface area (Å²) in [4.78, 5) is 17.5. The molecule has 21 heavy (non-hydrogen) atoms. The van der Waals surface area contributed by atoms with E-state index in [1.165, 1.54) is 0 Å². The highest BCUT2D eigenvalue weighted by Gasteiger charge is 2.15. The van der Waals surface area contributed by atoms with E-state index in [1.807, 2.05) is 68.7 Å². The van der Waals surface area contributed by atoms with E-state index in [0.29, 0.717) is 6.42 Å². The first-order valence-electron chi connectivity index (χ1n) is 7.04. The molecular formula is C18H18N2O. The quantitative estimate of drug-likeness (QED) is 0.779. The van der Waals surface area contributed by atoms with Crippen LogP contribution in [-0.2, 0) is 11.2 Å². The molecule has 0 saturated carbocycles. The molecule has 3 rings (SSSR count). The lowest BCUT2D eigenvalue weighted by molar-refractivity contribution is -0.117. The zero-order chi connectivity index (χ0) is 14.8. The molecule has 0 radical (unpaired) electrons. The molecule has 1 aromatic heterocycles. The van der Waals surface area contributed by atoms with E-state index in [9.17, 15) is 4.79 Å². The van der Waals surface area contributed by atoms with Crippen LogP contribution in [-0.4, -0.2) is 17.9 Å². The fraction of sp³-hybridized carbons (Fsp3) is 0.167. The van der Waals surface area contributed by atoms with Crippen molar-refractivity contribution >= 4 is 22.5 Å². The number of aromatic nitrogens is 1. The number of likely N-dealkylation sites (N-methyl/N-ethyl adjacent to an activating group) is 1. The predicted octanol–water partition coefficient (Wildman–Crippen LogP) is 3.68. The fourth-order valence-corrected chi connectivity index (χ4v) is 2.63. The highest BCUT2D eigenvalue weighted by atomic mass is 16.2. The average Bonchev–Trinajstić information content (AvgIpc) is 2.90. The Morgan fingerprint density at radius 3 is 2.62 bits per heavy atom. The lowest BCUT2D eigenvalue weighted by atomic mass is 10.1. The minimum absolute atomic E-state index is 0.0917. The van der Waals surface area contributed by atoms with E-state index in [0.717, 1.165) is 27.7 Å². The van der Waals surface area contributed by atoms with Gasteiger partial charge in [0.25, 0.3) is 0 Å². The molecule has 0 bridgehead atoms. The summed E-state index contributed by atoms with van der Waals surface area (Å²) >= 11 is 0. The van der Waals surface area contributed by atoms with Crippen LogP contribution in [0.2, 0.25) is 0 Å². The molecule has 0 fully saturated rings. The zero-order valence-electron chi connectivity index (χ0n) is 12.3. The van der Waals surface area contributed by atoms with Crippen LogP contribution < -0.4 is 4.90 Å². The Balaban J connectivity index is 1.85. The summed E-state index contributed by atoms with van der Waals surface area (Å²) in [6.45, 7) is 2.02. The lowest BCUT2D eigenvalue weighted by Gasteiger charge is -2.19. The highest BCUT2D eigenvalue weighted by molar-refractivity contribution is 5.97.